The first-order valence-electron chi connectivity index (χ1n) is 3.32. The van der Waals surface area contributed by atoms with E-state index in [0.29, 0.717) is 4.48 Å². The second kappa shape index (κ2) is 4.92. The van der Waals surface area contributed by atoms with Gasteiger partial charge in [-0.15, -0.1) is 0 Å². The summed E-state index contributed by atoms with van der Waals surface area (Å²) in [4.78, 5) is 10.4. The van der Waals surface area contributed by atoms with Crippen molar-refractivity contribution >= 4 is 27.5 Å². The van der Waals surface area contributed by atoms with Crippen LogP contribution in [0.1, 0.15) is 13.8 Å². The lowest BCUT2D eigenvalue weighted by Gasteiger charge is -2.03. The van der Waals surface area contributed by atoms with Crippen LogP contribution >= 0.6 is 15.9 Å². The van der Waals surface area contributed by atoms with Gasteiger partial charge in [-0.1, -0.05) is 0 Å². The molecular formula is C7H11BrN2O2. The van der Waals surface area contributed by atoms with Crippen molar-refractivity contribution in [3.63, 3.8) is 0 Å². The molecule has 0 unspecified atom stereocenters. The van der Waals surface area contributed by atoms with Crippen LogP contribution < -0.4 is 5.32 Å². The fourth-order valence-corrected chi connectivity index (χ4v) is 0.642. The van der Waals surface area contributed by atoms with Crippen molar-refractivity contribution in [2.45, 2.75) is 13.8 Å². The van der Waals surface area contributed by atoms with Gasteiger partial charge in [-0.05, 0) is 22.9 Å². The normalized spacial score (nSPS) is 11.9. The van der Waals surface area contributed by atoms with Gasteiger partial charge >= 0.3 is 0 Å². The molecule has 1 amide bonds. The molecule has 0 saturated carbocycles. The largest absolute Gasteiger partial charge is 0.509 e. The van der Waals surface area contributed by atoms with Crippen molar-refractivity contribution in [3.8, 4) is 0 Å². The van der Waals surface area contributed by atoms with Crippen molar-refractivity contribution < 1.29 is 9.90 Å². The average molecular weight is 235 g/mol. The molecule has 12 heavy (non-hydrogen) atoms. The summed E-state index contributed by atoms with van der Waals surface area (Å²) in [7, 11) is 0. The summed E-state index contributed by atoms with van der Waals surface area (Å²) in [6.07, 6.45) is 0. The smallest absolute Gasteiger partial charge is 0.217 e. The first kappa shape index (κ1) is 11.2. The van der Waals surface area contributed by atoms with Crippen LogP contribution in [0.25, 0.3) is 0 Å². The van der Waals surface area contributed by atoms with E-state index in [4.69, 9.17) is 5.41 Å². The summed E-state index contributed by atoms with van der Waals surface area (Å²) in [6, 6.07) is 0. The van der Waals surface area contributed by atoms with Gasteiger partial charge in [0.15, 0.2) is 0 Å². The molecule has 5 heteroatoms. The van der Waals surface area contributed by atoms with E-state index in [2.05, 4.69) is 21.2 Å². The van der Waals surface area contributed by atoms with E-state index < -0.39 is 0 Å². The Morgan fingerprint density at radius 3 is 2.42 bits per heavy atom. The SMILES string of the molecule is CC(=N)/C(Br)=C(\O)CNC(C)=O. The van der Waals surface area contributed by atoms with Crippen LogP contribution in [0.2, 0.25) is 0 Å². The average Bonchev–Trinajstić information content (AvgIpc) is 1.98. The minimum Gasteiger partial charge on any atom is -0.509 e. The molecule has 3 N–H and O–H groups in total. The van der Waals surface area contributed by atoms with E-state index in [0.717, 1.165) is 0 Å². The zero-order chi connectivity index (χ0) is 9.72. The molecule has 0 radical (unpaired) electrons. The van der Waals surface area contributed by atoms with Crippen LogP contribution in [0.4, 0.5) is 0 Å². The first-order valence-corrected chi connectivity index (χ1v) is 4.12. The van der Waals surface area contributed by atoms with Crippen molar-refractivity contribution in [2.75, 3.05) is 6.54 Å². The van der Waals surface area contributed by atoms with Crippen LogP contribution in [-0.2, 0) is 4.79 Å². The Morgan fingerprint density at radius 2 is 2.08 bits per heavy atom. The highest BCUT2D eigenvalue weighted by Crippen LogP contribution is 2.10. The molecule has 0 fully saturated rings. The number of rotatable bonds is 3. The Bertz CT molecular complexity index is 236. The third kappa shape index (κ3) is 4.12. The van der Waals surface area contributed by atoms with E-state index in [1.54, 1.807) is 0 Å². The number of hydrogen-bond acceptors (Lipinski definition) is 3. The van der Waals surface area contributed by atoms with Gasteiger partial charge in [-0.3, -0.25) is 4.79 Å². The molecule has 0 aliphatic rings. The van der Waals surface area contributed by atoms with E-state index >= 15 is 0 Å². The van der Waals surface area contributed by atoms with Crippen molar-refractivity contribution in [1.29, 1.82) is 5.41 Å². The number of carbonyl (C=O) groups excluding carboxylic acids is 1. The van der Waals surface area contributed by atoms with Crippen molar-refractivity contribution in [3.05, 3.63) is 10.2 Å². The van der Waals surface area contributed by atoms with Crippen LogP contribution in [0.5, 0.6) is 0 Å². The van der Waals surface area contributed by atoms with E-state index in [1.165, 1.54) is 13.8 Å². The lowest BCUT2D eigenvalue weighted by atomic mass is 10.3. The minimum atomic E-state index is -0.218. The number of hydrogen-bond donors (Lipinski definition) is 3. The maximum Gasteiger partial charge on any atom is 0.217 e. The molecule has 0 spiro atoms. The Kier molecular flexibility index (Phi) is 4.58. The Balaban J connectivity index is 4.18. The number of aliphatic hydroxyl groups excluding tert-OH is 1. The predicted molar refractivity (Wildman–Crippen MR) is 50.7 cm³/mol. The number of halogens is 1. The number of allylic oxidation sites excluding steroid dienone is 1. The van der Waals surface area contributed by atoms with Gasteiger partial charge in [0, 0.05) is 12.6 Å². The van der Waals surface area contributed by atoms with E-state index in [9.17, 15) is 9.90 Å². The second-order valence-corrected chi connectivity index (χ2v) is 3.09. The highest BCUT2D eigenvalue weighted by Gasteiger charge is 2.04. The molecule has 0 aromatic heterocycles. The van der Waals surface area contributed by atoms with Gasteiger partial charge in [-0.2, -0.15) is 0 Å². The third-order valence-corrected chi connectivity index (χ3v) is 2.14. The molecule has 0 aromatic rings. The summed E-state index contributed by atoms with van der Waals surface area (Å²) in [5.74, 6) is -0.262. The monoisotopic (exact) mass is 234 g/mol. The molecule has 0 heterocycles. The van der Waals surface area contributed by atoms with Crippen molar-refractivity contribution in [2.24, 2.45) is 0 Å². The van der Waals surface area contributed by atoms with E-state index in [1.807, 2.05) is 0 Å². The Hall–Kier alpha value is -0.840. The highest BCUT2D eigenvalue weighted by molar-refractivity contribution is 9.12. The van der Waals surface area contributed by atoms with Gasteiger partial charge in [-0.25, -0.2) is 0 Å². The summed E-state index contributed by atoms with van der Waals surface area (Å²) < 4.78 is 0.316. The van der Waals surface area contributed by atoms with Gasteiger partial charge in [0.1, 0.15) is 5.76 Å². The third-order valence-electron chi connectivity index (χ3n) is 1.09. The maximum absolute atomic E-state index is 10.4. The topological polar surface area (TPSA) is 73.2 Å². The summed E-state index contributed by atoms with van der Waals surface area (Å²) >= 11 is 3.01. The molecule has 0 aliphatic heterocycles. The molecule has 0 saturated heterocycles. The molecule has 0 aliphatic carbocycles. The molecule has 0 rings (SSSR count). The standard InChI is InChI=1S/C7H11BrN2O2/c1-4(9)7(8)6(12)3-10-5(2)11/h9,12H,3H2,1-2H3,(H,10,11)/b7-6+,9-4?. The van der Waals surface area contributed by atoms with Gasteiger partial charge < -0.3 is 15.8 Å². The second-order valence-electron chi connectivity index (χ2n) is 2.30. The molecule has 0 atom stereocenters. The fraction of sp³-hybridized carbons (Fsp3) is 0.429. The summed E-state index contributed by atoms with van der Waals surface area (Å²) in [6.45, 7) is 2.94. The lowest BCUT2D eigenvalue weighted by molar-refractivity contribution is -0.118. The fourth-order valence-electron chi connectivity index (χ4n) is 0.502. The maximum atomic E-state index is 10.4. The summed E-state index contributed by atoms with van der Waals surface area (Å²) in [5.41, 5.74) is 0.220. The summed E-state index contributed by atoms with van der Waals surface area (Å²) in [5, 5.41) is 18.8. The number of aliphatic hydroxyl groups is 1. The van der Waals surface area contributed by atoms with E-state index in [-0.39, 0.29) is 23.9 Å². The predicted octanol–water partition coefficient (Wildman–Crippen LogP) is 1.33. The minimum absolute atomic E-state index is 0.0438. The van der Waals surface area contributed by atoms with Crippen LogP contribution in [0.15, 0.2) is 10.2 Å². The quantitative estimate of drug-likeness (QED) is 0.510. The van der Waals surface area contributed by atoms with Crippen molar-refractivity contribution in [1.82, 2.24) is 5.32 Å². The molecular weight excluding hydrogens is 224 g/mol. The lowest BCUT2D eigenvalue weighted by Crippen LogP contribution is -2.23. The number of amides is 1. The first-order chi connectivity index (χ1) is 5.45. The van der Waals surface area contributed by atoms with Crippen LogP contribution in [-0.4, -0.2) is 23.3 Å². The number of nitrogens with one attached hydrogen (secondary N) is 2. The van der Waals surface area contributed by atoms with Gasteiger partial charge in [0.05, 0.1) is 11.0 Å². The van der Waals surface area contributed by atoms with Crippen LogP contribution in [0, 0.1) is 5.41 Å². The van der Waals surface area contributed by atoms with Crippen LogP contribution in [0.3, 0.4) is 0 Å². The molecule has 68 valence electrons. The molecule has 0 bridgehead atoms. The Labute approximate surface area is 79.3 Å². The molecule has 4 nitrogen and oxygen atoms in total. The Morgan fingerprint density at radius 1 is 1.58 bits per heavy atom. The molecule has 0 aromatic carbocycles. The van der Waals surface area contributed by atoms with Gasteiger partial charge in [0.25, 0.3) is 0 Å². The zero-order valence-electron chi connectivity index (χ0n) is 6.94. The zero-order valence-corrected chi connectivity index (χ0v) is 8.53. The highest BCUT2D eigenvalue weighted by atomic mass is 79.9. The number of carbonyl (C=O) groups is 1. The van der Waals surface area contributed by atoms with Gasteiger partial charge in [0.2, 0.25) is 5.91 Å².